The van der Waals surface area contributed by atoms with E-state index in [2.05, 4.69) is 52.4 Å². The summed E-state index contributed by atoms with van der Waals surface area (Å²) in [6, 6.07) is 16.8. The average molecular weight is 373 g/mol. The van der Waals surface area contributed by atoms with Gasteiger partial charge >= 0.3 is 0 Å². The minimum atomic E-state index is 0.185. The lowest BCUT2D eigenvalue weighted by atomic mass is 9.91. The number of rotatable bonds is 3. The van der Waals surface area contributed by atoms with Crippen LogP contribution in [0.25, 0.3) is 0 Å². The summed E-state index contributed by atoms with van der Waals surface area (Å²) in [4.78, 5) is 14.3. The van der Waals surface area contributed by atoms with Crippen molar-refractivity contribution < 1.29 is 4.79 Å². The molecule has 0 radical (unpaired) electrons. The van der Waals surface area contributed by atoms with E-state index in [1.807, 2.05) is 36.1 Å². The zero-order chi connectivity index (χ0) is 16.4. The van der Waals surface area contributed by atoms with Crippen molar-refractivity contribution in [3.63, 3.8) is 0 Å². The number of nitrogens with one attached hydrogen (secondary N) is 1. The predicted octanol–water partition coefficient (Wildman–Crippen LogP) is 5.14. The van der Waals surface area contributed by atoms with Gasteiger partial charge in [0, 0.05) is 28.3 Å². The Morgan fingerprint density at radius 1 is 1.22 bits per heavy atom. The van der Waals surface area contributed by atoms with Crippen LogP contribution in [0.3, 0.4) is 0 Å². The summed E-state index contributed by atoms with van der Waals surface area (Å²) in [6.07, 6.45) is 1.43. The molecule has 23 heavy (non-hydrogen) atoms. The summed E-state index contributed by atoms with van der Waals surface area (Å²) in [5.74, 6) is 0.187. The quantitative estimate of drug-likeness (QED) is 0.808. The number of carbonyl (C=O) groups excluding carboxylic acids is 1. The second kappa shape index (κ2) is 6.75. The SMILES string of the molecule is CCC(=O)N1c2ccccc2[C@H](Nc2ccc(Br)cc2)C[C@@H]1C. The third-order valence-electron chi connectivity index (χ3n) is 4.35. The van der Waals surface area contributed by atoms with Gasteiger partial charge in [0.05, 0.1) is 6.04 Å². The van der Waals surface area contributed by atoms with Crippen molar-refractivity contribution in [2.24, 2.45) is 0 Å². The van der Waals surface area contributed by atoms with Gasteiger partial charge < -0.3 is 10.2 Å². The molecule has 2 aromatic rings. The Kier molecular flexibility index (Phi) is 4.71. The molecule has 0 saturated heterocycles. The number of carbonyl (C=O) groups is 1. The Balaban J connectivity index is 1.93. The number of para-hydroxylation sites is 1. The first-order chi connectivity index (χ1) is 11.1. The van der Waals surface area contributed by atoms with Gasteiger partial charge in [-0.15, -0.1) is 0 Å². The van der Waals surface area contributed by atoms with Crippen LogP contribution < -0.4 is 10.2 Å². The van der Waals surface area contributed by atoms with E-state index in [1.54, 1.807) is 0 Å². The molecule has 4 heteroatoms. The molecule has 0 aliphatic carbocycles. The molecule has 120 valence electrons. The second-order valence-corrected chi connectivity index (χ2v) is 6.88. The molecule has 1 heterocycles. The number of fused-ring (bicyclic) bond motifs is 1. The Morgan fingerprint density at radius 3 is 2.61 bits per heavy atom. The van der Waals surface area contributed by atoms with Gasteiger partial charge in [0.25, 0.3) is 0 Å². The van der Waals surface area contributed by atoms with Gasteiger partial charge in [-0.05, 0) is 49.2 Å². The van der Waals surface area contributed by atoms with Crippen molar-refractivity contribution in [3.8, 4) is 0 Å². The van der Waals surface area contributed by atoms with Gasteiger partial charge in [-0.3, -0.25) is 4.79 Å². The summed E-state index contributed by atoms with van der Waals surface area (Å²) in [5, 5.41) is 3.61. The molecular formula is C19H21BrN2O. The van der Waals surface area contributed by atoms with Gasteiger partial charge in [-0.1, -0.05) is 41.1 Å². The van der Waals surface area contributed by atoms with E-state index >= 15 is 0 Å². The van der Waals surface area contributed by atoms with Crippen molar-refractivity contribution in [2.45, 2.75) is 38.8 Å². The fourth-order valence-electron chi connectivity index (χ4n) is 3.25. The van der Waals surface area contributed by atoms with E-state index in [4.69, 9.17) is 0 Å². The maximum absolute atomic E-state index is 12.3. The van der Waals surface area contributed by atoms with Gasteiger partial charge in [0.15, 0.2) is 0 Å². The highest BCUT2D eigenvalue weighted by atomic mass is 79.9. The standard InChI is InChI=1S/C19H21BrN2O/c1-3-19(23)22-13(2)12-17(16-6-4-5-7-18(16)22)21-15-10-8-14(20)9-11-15/h4-11,13,17,21H,3,12H2,1-2H3/t13-,17+/m0/s1. The van der Waals surface area contributed by atoms with Crippen LogP contribution in [0, 0.1) is 0 Å². The van der Waals surface area contributed by atoms with E-state index in [9.17, 15) is 4.79 Å². The third kappa shape index (κ3) is 3.27. The minimum Gasteiger partial charge on any atom is -0.378 e. The Bertz CT molecular complexity index is 699. The van der Waals surface area contributed by atoms with Crippen molar-refractivity contribution in [1.29, 1.82) is 0 Å². The normalized spacial score (nSPS) is 20.0. The van der Waals surface area contributed by atoms with Crippen molar-refractivity contribution >= 4 is 33.2 Å². The molecule has 0 bridgehead atoms. The van der Waals surface area contributed by atoms with E-state index < -0.39 is 0 Å². The third-order valence-corrected chi connectivity index (χ3v) is 4.87. The minimum absolute atomic E-state index is 0.185. The first kappa shape index (κ1) is 16.1. The molecule has 3 nitrogen and oxygen atoms in total. The lowest BCUT2D eigenvalue weighted by molar-refractivity contribution is -0.118. The number of anilines is 2. The van der Waals surface area contributed by atoms with E-state index in [0.717, 1.165) is 22.3 Å². The van der Waals surface area contributed by atoms with Crippen LogP contribution >= 0.6 is 15.9 Å². The number of hydrogen-bond donors (Lipinski definition) is 1. The fraction of sp³-hybridized carbons (Fsp3) is 0.316. The monoisotopic (exact) mass is 372 g/mol. The first-order valence-electron chi connectivity index (χ1n) is 8.03. The number of hydrogen-bond acceptors (Lipinski definition) is 2. The maximum atomic E-state index is 12.3. The van der Waals surface area contributed by atoms with Gasteiger partial charge in [0.2, 0.25) is 5.91 Å². The molecule has 0 unspecified atom stereocenters. The highest BCUT2D eigenvalue weighted by Crippen LogP contribution is 2.39. The maximum Gasteiger partial charge on any atom is 0.226 e. The summed E-state index contributed by atoms with van der Waals surface area (Å²) in [6.45, 7) is 4.05. The van der Waals surface area contributed by atoms with Crippen LogP contribution in [0.4, 0.5) is 11.4 Å². The largest absolute Gasteiger partial charge is 0.378 e. The Hall–Kier alpha value is -1.81. The molecule has 1 aliphatic heterocycles. The van der Waals surface area contributed by atoms with Crippen molar-refractivity contribution in [1.82, 2.24) is 0 Å². The smallest absolute Gasteiger partial charge is 0.226 e. The first-order valence-corrected chi connectivity index (χ1v) is 8.82. The highest BCUT2D eigenvalue weighted by Gasteiger charge is 2.32. The summed E-state index contributed by atoms with van der Waals surface area (Å²) in [5.41, 5.74) is 3.32. The van der Waals surface area contributed by atoms with Crippen LogP contribution in [-0.4, -0.2) is 11.9 Å². The van der Waals surface area contributed by atoms with E-state index in [0.29, 0.717) is 6.42 Å². The van der Waals surface area contributed by atoms with Crippen LogP contribution in [0.15, 0.2) is 53.0 Å². The predicted molar refractivity (Wildman–Crippen MR) is 98.8 cm³/mol. The topological polar surface area (TPSA) is 32.3 Å². The van der Waals surface area contributed by atoms with Gasteiger partial charge in [-0.2, -0.15) is 0 Å². The molecule has 0 fully saturated rings. The summed E-state index contributed by atoms with van der Waals surface area (Å²) < 4.78 is 1.07. The molecule has 1 aliphatic rings. The number of halogens is 1. The second-order valence-electron chi connectivity index (χ2n) is 5.96. The Labute approximate surface area is 145 Å². The lowest BCUT2D eigenvalue weighted by Crippen LogP contribution is -2.44. The number of benzene rings is 2. The number of amides is 1. The van der Waals surface area contributed by atoms with Crippen LogP contribution in [0.5, 0.6) is 0 Å². The molecule has 1 N–H and O–H groups in total. The lowest BCUT2D eigenvalue weighted by Gasteiger charge is -2.40. The van der Waals surface area contributed by atoms with E-state index in [1.165, 1.54) is 5.56 Å². The molecular weight excluding hydrogens is 352 g/mol. The Morgan fingerprint density at radius 2 is 1.91 bits per heavy atom. The molecule has 0 aromatic heterocycles. The molecule has 3 rings (SSSR count). The zero-order valence-electron chi connectivity index (χ0n) is 13.4. The molecule has 0 spiro atoms. The fourth-order valence-corrected chi connectivity index (χ4v) is 3.51. The molecule has 2 atom stereocenters. The van der Waals surface area contributed by atoms with Crippen LogP contribution in [0.2, 0.25) is 0 Å². The van der Waals surface area contributed by atoms with E-state index in [-0.39, 0.29) is 18.0 Å². The highest BCUT2D eigenvalue weighted by molar-refractivity contribution is 9.10. The zero-order valence-corrected chi connectivity index (χ0v) is 15.0. The summed E-state index contributed by atoms with van der Waals surface area (Å²) in [7, 11) is 0. The summed E-state index contributed by atoms with van der Waals surface area (Å²) >= 11 is 3.47. The molecule has 2 aromatic carbocycles. The van der Waals surface area contributed by atoms with Crippen molar-refractivity contribution in [2.75, 3.05) is 10.2 Å². The molecule has 1 amide bonds. The number of nitrogens with zero attached hydrogens (tertiary/aromatic N) is 1. The molecule has 0 saturated carbocycles. The van der Waals surface area contributed by atoms with Crippen LogP contribution in [0.1, 0.15) is 38.3 Å². The average Bonchev–Trinajstić information content (AvgIpc) is 2.56. The van der Waals surface area contributed by atoms with Gasteiger partial charge in [0.1, 0.15) is 0 Å². The van der Waals surface area contributed by atoms with Gasteiger partial charge in [-0.25, -0.2) is 0 Å². The van der Waals surface area contributed by atoms with Crippen molar-refractivity contribution in [3.05, 3.63) is 58.6 Å². The van der Waals surface area contributed by atoms with Crippen LogP contribution in [-0.2, 0) is 4.79 Å².